The van der Waals surface area contributed by atoms with Gasteiger partial charge in [-0.05, 0) is 30.5 Å². The van der Waals surface area contributed by atoms with Crippen LogP contribution in [-0.2, 0) is 6.54 Å². The first-order valence-corrected chi connectivity index (χ1v) is 8.97. The maximum absolute atomic E-state index is 12.5. The summed E-state index contributed by atoms with van der Waals surface area (Å²) < 4.78 is 8.49. The first kappa shape index (κ1) is 15.9. The van der Waals surface area contributed by atoms with E-state index in [2.05, 4.69) is 18.7 Å². The predicted octanol–water partition coefficient (Wildman–Crippen LogP) is 2.35. The van der Waals surface area contributed by atoms with Gasteiger partial charge in [0, 0.05) is 26.7 Å². The minimum atomic E-state index is -0.0322. The van der Waals surface area contributed by atoms with Crippen molar-refractivity contribution in [3.63, 3.8) is 0 Å². The Kier molecular flexibility index (Phi) is 4.27. The largest absolute Gasteiger partial charge is 0.354 e. The fourth-order valence-corrected chi connectivity index (χ4v) is 3.52. The lowest BCUT2D eigenvalue weighted by Gasteiger charge is -2.19. The Balaban J connectivity index is 1.52. The summed E-state index contributed by atoms with van der Waals surface area (Å²) in [6.45, 7) is 2.27. The molecule has 0 saturated carbocycles. The number of nitrogens with zero attached hydrogens (tertiary/aromatic N) is 6. The Labute approximate surface area is 149 Å². The number of anilines is 1. The molecular formula is C17H18N6OS. The van der Waals surface area contributed by atoms with Gasteiger partial charge in [-0.2, -0.15) is 8.75 Å². The Hall–Kier alpha value is -2.61. The van der Waals surface area contributed by atoms with Crippen molar-refractivity contribution in [1.82, 2.24) is 23.6 Å². The number of benzene rings is 1. The molecule has 0 atom stereocenters. The number of aromatic nitrogens is 4. The van der Waals surface area contributed by atoms with Gasteiger partial charge in [-0.1, -0.05) is 6.07 Å². The van der Waals surface area contributed by atoms with Crippen molar-refractivity contribution in [2.75, 3.05) is 25.0 Å². The first-order valence-electron chi connectivity index (χ1n) is 8.24. The van der Waals surface area contributed by atoms with E-state index in [1.54, 1.807) is 12.4 Å². The standard InChI is InChI=1S/C17H18N6OS/c1-22(11-12-4-5-13-14(8-12)21-25-20-13)16-10-18-9-15(19-16)17(24)23-6-2-3-7-23/h4-5,8-10H,2-3,6-7,11H2,1H3. The fraction of sp³-hybridized carbons (Fsp3) is 0.353. The Morgan fingerprint density at radius 2 is 2.00 bits per heavy atom. The number of rotatable bonds is 4. The van der Waals surface area contributed by atoms with Crippen LogP contribution in [0.2, 0.25) is 0 Å². The molecule has 0 aliphatic carbocycles. The third-order valence-electron chi connectivity index (χ3n) is 4.36. The number of hydrogen-bond acceptors (Lipinski definition) is 7. The highest BCUT2D eigenvalue weighted by molar-refractivity contribution is 7.00. The van der Waals surface area contributed by atoms with Gasteiger partial charge in [0.2, 0.25) is 0 Å². The molecule has 4 rings (SSSR count). The average molecular weight is 354 g/mol. The number of likely N-dealkylation sites (tertiary alicyclic amines) is 1. The van der Waals surface area contributed by atoms with E-state index in [0.29, 0.717) is 18.1 Å². The maximum atomic E-state index is 12.5. The molecule has 25 heavy (non-hydrogen) atoms. The van der Waals surface area contributed by atoms with Crippen LogP contribution >= 0.6 is 11.7 Å². The van der Waals surface area contributed by atoms with Gasteiger partial charge in [0.15, 0.2) is 0 Å². The van der Waals surface area contributed by atoms with Crippen LogP contribution in [0.25, 0.3) is 11.0 Å². The smallest absolute Gasteiger partial charge is 0.274 e. The van der Waals surface area contributed by atoms with Crippen LogP contribution in [0.5, 0.6) is 0 Å². The van der Waals surface area contributed by atoms with Gasteiger partial charge in [0.1, 0.15) is 22.5 Å². The predicted molar refractivity (Wildman–Crippen MR) is 96.7 cm³/mol. The topological polar surface area (TPSA) is 75.1 Å². The van der Waals surface area contributed by atoms with Crippen LogP contribution in [0.15, 0.2) is 30.6 Å². The van der Waals surface area contributed by atoms with Crippen molar-refractivity contribution in [2.45, 2.75) is 19.4 Å². The molecule has 0 radical (unpaired) electrons. The van der Waals surface area contributed by atoms with Gasteiger partial charge < -0.3 is 9.80 Å². The molecule has 0 N–H and O–H groups in total. The van der Waals surface area contributed by atoms with Crippen molar-refractivity contribution in [2.24, 2.45) is 0 Å². The number of amides is 1. The molecule has 3 aromatic rings. The second-order valence-corrected chi connectivity index (χ2v) is 6.73. The molecule has 8 heteroatoms. The third-order valence-corrected chi connectivity index (χ3v) is 4.92. The van der Waals surface area contributed by atoms with E-state index in [1.165, 1.54) is 11.7 Å². The zero-order chi connectivity index (χ0) is 17.2. The lowest BCUT2D eigenvalue weighted by molar-refractivity contribution is 0.0786. The molecule has 128 valence electrons. The Morgan fingerprint density at radius 1 is 1.20 bits per heavy atom. The van der Waals surface area contributed by atoms with Crippen LogP contribution in [0.3, 0.4) is 0 Å². The van der Waals surface area contributed by atoms with Crippen LogP contribution in [-0.4, -0.2) is 49.7 Å². The number of hydrogen-bond donors (Lipinski definition) is 0. The van der Waals surface area contributed by atoms with E-state index >= 15 is 0 Å². The molecular weight excluding hydrogens is 336 g/mol. The van der Waals surface area contributed by atoms with Crippen molar-refractivity contribution < 1.29 is 4.79 Å². The van der Waals surface area contributed by atoms with Crippen LogP contribution in [0, 0.1) is 0 Å². The van der Waals surface area contributed by atoms with Gasteiger partial charge in [0.25, 0.3) is 5.91 Å². The van der Waals surface area contributed by atoms with E-state index in [9.17, 15) is 4.79 Å². The zero-order valence-electron chi connectivity index (χ0n) is 13.9. The summed E-state index contributed by atoms with van der Waals surface area (Å²) in [5, 5.41) is 0. The van der Waals surface area contributed by atoms with E-state index < -0.39 is 0 Å². The molecule has 7 nitrogen and oxygen atoms in total. The number of carbonyl (C=O) groups excluding carboxylic acids is 1. The first-order chi connectivity index (χ1) is 12.2. The third kappa shape index (κ3) is 3.30. The van der Waals surface area contributed by atoms with Gasteiger partial charge in [0.05, 0.1) is 24.1 Å². The van der Waals surface area contributed by atoms with Gasteiger partial charge >= 0.3 is 0 Å². The van der Waals surface area contributed by atoms with Gasteiger partial charge in [-0.3, -0.25) is 9.78 Å². The van der Waals surface area contributed by atoms with Crippen molar-refractivity contribution in [3.05, 3.63) is 41.9 Å². The summed E-state index contributed by atoms with van der Waals surface area (Å²) in [5.41, 5.74) is 3.33. The van der Waals surface area contributed by atoms with E-state index in [0.717, 1.165) is 42.5 Å². The van der Waals surface area contributed by atoms with Crippen LogP contribution in [0.1, 0.15) is 28.9 Å². The monoisotopic (exact) mass is 354 g/mol. The van der Waals surface area contributed by atoms with Crippen molar-refractivity contribution in [3.8, 4) is 0 Å². The highest BCUT2D eigenvalue weighted by Crippen LogP contribution is 2.18. The minimum Gasteiger partial charge on any atom is -0.354 e. The Morgan fingerprint density at radius 3 is 2.84 bits per heavy atom. The molecule has 0 spiro atoms. The second kappa shape index (κ2) is 6.72. The second-order valence-electron chi connectivity index (χ2n) is 6.21. The summed E-state index contributed by atoms with van der Waals surface area (Å²) in [4.78, 5) is 25.0. The molecule has 1 fully saturated rings. The lowest BCUT2D eigenvalue weighted by atomic mass is 10.2. The highest BCUT2D eigenvalue weighted by Gasteiger charge is 2.21. The molecule has 1 aliphatic heterocycles. The fourth-order valence-electron chi connectivity index (χ4n) is 3.01. The SMILES string of the molecule is CN(Cc1ccc2nsnc2c1)c1cncc(C(=O)N2CCCC2)n1. The van der Waals surface area contributed by atoms with Crippen LogP contribution < -0.4 is 4.90 Å². The highest BCUT2D eigenvalue weighted by atomic mass is 32.1. The summed E-state index contributed by atoms with van der Waals surface area (Å²) in [5.74, 6) is 0.650. The molecule has 0 unspecified atom stereocenters. The molecule has 1 aromatic carbocycles. The average Bonchev–Trinajstić information content (AvgIpc) is 3.32. The van der Waals surface area contributed by atoms with E-state index in [4.69, 9.17) is 0 Å². The molecule has 1 aliphatic rings. The molecule has 1 saturated heterocycles. The van der Waals surface area contributed by atoms with Crippen molar-refractivity contribution >= 4 is 34.5 Å². The molecule has 2 aromatic heterocycles. The number of fused-ring (bicyclic) bond motifs is 1. The summed E-state index contributed by atoms with van der Waals surface area (Å²) in [6, 6.07) is 6.04. The normalized spacial score (nSPS) is 14.2. The van der Waals surface area contributed by atoms with Gasteiger partial charge in [-0.25, -0.2) is 4.98 Å². The Bertz CT molecular complexity index is 905. The molecule has 3 heterocycles. The van der Waals surface area contributed by atoms with Crippen LogP contribution in [0.4, 0.5) is 5.82 Å². The summed E-state index contributed by atoms with van der Waals surface area (Å²) in [7, 11) is 1.94. The minimum absolute atomic E-state index is 0.0322. The summed E-state index contributed by atoms with van der Waals surface area (Å²) in [6.07, 6.45) is 5.36. The number of carbonyl (C=O) groups is 1. The molecule has 0 bridgehead atoms. The lowest BCUT2D eigenvalue weighted by Crippen LogP contribution is -2.29. The zero-order valence-corrected chi connectivity index (χ0v) is 14.7. The van der Waals surface area contributed by atoms with E-state index in [-0.39, 0.29) is 5.91 Å². The quantitative estimate of drug-likeness (QED) is 0.716. The van der Waals surface area contributed by atoms with E-state index in [1.807, 2.05) is 35.0 Å². The maximum Gasteiger partial charge on any atom is 0.274 e. The van der Waals surface area contributed by atoms with Gasteiger partial charge in [-0.15, -0.1) is 0 Å². The summed E-state index contributed by atoms with van der Waals surface area (Å²) >= 11 is 1.22. The van der Waals surface area contributed by atoms with Crippen molar-refractivity contribution in [1.29, 1.82) is 0 Å². The molecule has 1 amide bonds.